The summed E-state index contributed by atoms with van der Waals surface area (Å²) in [5.74, 6) is -4.72. The van der Waals surface area contributed by atoms with E-state index in [9.17, 15) is 23.2 Å². The molecule has 0 bridgehead atoms. The van der Waals surface area contributed by atoms with Gasteiger partial charge >= 0.3 is 17.8 Å². The maximum absolute atomic E-state index is 14.1. The van der Waals surface area contributed by atoms with Gasteiger partial charge in [0.15, 0.2) is 0 Å². The van der Waals surface area contributed by atoms with Gasteiger partial charge in [-0.15, -0.1) is 0 Å². The Labute approximate surface area is 206 Å². The minimum atomic E-state index is -2.15. The molecule has 1 fully saturated rings. The second kappa shape index (κ2) is 9.69. The molecule has 3 aliphatic rings. The smallest absolute Gasteiger partial charge is 0.375 e. The SMILES string of the molecule is O=C1C=CC(=O)OC2(O1)c1cc(F)ccc1C(=O)N2CC1CCN(CCOc2ccc(F)cc2)CC1. The van der Waals surface area contributed by atoms with Gasteiger partial charge in [0.2, 0.25) is 0 Å². The zero-order chi connectivity index (χ0) is 25.3. The van der Waals surface area contributed by atoms with Crippen molar-refractivity contribution in [2.45, 2.75) is 18.8 Å². The van der Waals surface area contributed by atoms with Gasteiger partial charge in [-0.2, -0.15) is 0 Å². The Kier molecular flexibility index (Phi) is 6.44. The Balaban J connectivity index is 1.25. The third-order valence-electron chi connectivity index (χ3n) is 6.62. The van der Waals surface area contributed by atoms with Gasteiger partial charge in [0, 0.05) is 25.2 Å². The average Bonchev–Trinajstić information content (AvgIpc) is 2.96. The molecule has 5 rings (SSSR count). The van der Waals surface area contributed by atoms with Crippen molar-refractivity contribution in [2.75, 3.05) is 32.8 Å². The van der Waals surface area contributed by atoms with Gasteiger partial charge in [-0.25, -0.2) is 18.4 Å². The van der Waals surface area contributed by atoms with Gasteiger partial charge in [0.25, 0.3) is 5.91 Å². The Morgan fingerprint density at radius 3 is 2.22 bits per heavy atom. The van der Waals surface area contributed by atoms with E-state index in [0.29, 0.717) is 18.9 Å². The van der Waals surface area contributed by atoms with Crippen molar-refractivity contribution in [3.05, 3.63) is 77.4 Å². The van der Waals surface area contributed by atoms with E-state index in [1.807, 2.05) is 0 Å². The first-order valence-electron chi connectivity index (χ1n) is 11.7. The Bertz CT molecular complexity index is 1190. The quantitative estimate of drug-likeness (QED) is 0.566. The Morgan fingerprint density at radius 2 is 1.56 bits per heavy atom. The van der Waals surface area contributed by atoms with Gasteiger partial charge in [0.05, 0.1) is 11.1 Å². The fourth-order valence-electron chi connectivity index (χ4n) is 4.78. The van der Waals surface area contributed by atoms with Crippen molar-refractivity contribution in [1.29, 1.82) is 0 Å². The monoisotopic (exact) mass is 498 g/mol. The van der Waals surface area contributed by atoms with Gasteiger partial charge in [-0.3, -0.25) is 14.6 Å². The molecule has 3 aliphatic heterocycles. The molecule has 0 atom stereocenters. The average molecular weight is 498 g/mol. The number of fused-ring (bicyclic) bond motifs is 2. The summed E-state index contributed by atoms with van der Waals surface area (Å²) in [7, 11) is 0. The molecule has 0 aromatic heterocycles. The number of esters is 2. The van der Waals surface area contributed by atoms with E-state index in [4.69, 9.17) is 14.2 Å². The first kappa shape index (κ1) is 23.9. The van der Waals surface area contributed by atoms with Crippen LogP contribution in [0.1, 0.15) is 28.8 Å². The van der Waals surface area contributed by atoms with Crippen LogP contribution in [-0.4, -0.2) is 60.4 Å². The van der Waals surface area contributed by atoms with Crippen molar-refractivity contribution < 1.29 is 37.4 Å². The zero-order valence-electron chi connectivity index (χ0n) is 19.3. The molecule has 10 heteroatoms. The molecule has 0 saturated carbocycles. The third-order valence-corrected chi connectivity index (χ3v) is 6.62. The van der Waals surface area contributed by atoms with E-state index < -0.39 is 29.6 Å². The lowest BCUT2D eigenvalue weighted by molar-refractivity contribution is -0.275. The van der Waals surface area contributed by atoms with Crippen molar-refractivity contribution in [1.82, 2.24) is 9.80 Å². The number of hydrogen-bond acceptors (Lipinski definition) is 7. The zero-order valence-corrected chi connectivity index (χ0v) is 19.3. The molecule has 1 spiro atoms. The van der Waals surface area contributed by atoms with Crippen LogP contribution in [0.4, 0.5) is 8.78 Å². The number of nitrogens with zero attached hydrogens (tertiary/aromatic N) is 2. The van der Waals surface area contributed by atoms with E-state index >= 15 is 0 Å². The van der Waals surface area contributed by atoms with E-state index in [1.165, 1.54) is 23.1 Å². The maximum atomic E-state index is 14.1. The standard InChI is InChI=1S/C26H24F2N2O6/c27-18-1-4-20(5-2-18)34-14-13-29-11-9-17(10-12-29)16-30-25(33)21-6-3-19(28)15-22(21)26(30)35-23(31)7-8-24(32)36-26/h1-8,15,17H,9-14,16H2. The number of rotatable bonds is 6. The summed E-state index contributed by atoms with van der Waals surface area (Å²) in [5, 5.41) is 0. The highest BCUT2D eigenvalue weighted by Gasteiger charge is 2.57. The van der Waals surface area contributed by atoms with Crippen LogP contribution < -0.4 is 4.74 Å². The van der Waals surface area contributed by atoms with E-state index in [1.54, 1.807) is 12.1 Å². The van der Waals surface area contributed by atoms with Crippen molar-refractivity contribution in [3.63, 3.8) is 0 Å². The van der Waals surface area contributed by atoms with Crippen molar-refractivity contribution in [2.24, 2.45) is 5.92 Å². The highest BCUT2D eigenvalue weighted by atomic mass is 19.1. The third kappa shape index (κ3) is 4.68. The van der Waals surface area contributed by atoms with Crippen LogP contribution in [0.5, 0.6) is 5.75 Å². The maximum Gasteiger partial charge on any atom is 0.375 e. The highest BCUT2D eigenvalue weighted by molar-refractivity contribution is 6.01. The number of ether oxygens (including phenoxy) is 3. The van der Waals surface area contributed by atoms with Crippen LogP contribution in [0, 0.1) is 17.6 Å². The number of likely N-dealkylation sites (tertiary alicyclic amines) is 1. The minimum Gasteiger partial charge on any atom is -0.492 e. The summed E-state index contributed by atoms with van der Waals surface area (Å²) < 4.78 is 43.8. The van der Waals surface area contributed by atoms with Crippen LogP contribution in [0.3, 0.4) is 0 Å². The number of piperidine rings is 1. The molecule has 0 radical (unpaired) electrons. The van der Waals surface area contributed by atoms with Crippen LogP contribution in [0.15, 0.2) is 54.6 Å². The number of amides is 1. The van der Waals surface area contributed by atoms with Crippen LogP contribution in [0.2, 0.25) is 0 Å². The molecule has 1 amide bonds. The van der Waals surface area contributed by atoms with Crippen molar-refractivity contribution in [3.8, 4) is 5.75 Å². The summed E-state index contributed by atoms with van der Waals surface area (Å²) in [6, 6.07) is 9.35. The molecule has 3 heterocycles. The van der Waals surface area contributed by atoms with Crippen LogP contribution >= 0.6 is 0 Å². The summed E-state index contributed by atoms with van der Waals surface area (Å²) in [6.45, 7) is 2.78. The molecular formula is C26H24F2N2O6. The molecule has 2 aromatic rings. The first-order valence-corrected chi connectivity index (χ1v) is 11.7. The number of hydrogen-bond donors (Lipinski definition) is 0. The summed E-state index contributed by atoms with van der Waals surface area (Å²) in [6.07, 6.45) is 3.32. The number of carbonyl (C=O) groups is 3. The number of halogens is 2. The van der Waals surface area contributed by atoms with Crippen LogP contribution in [0.25, 0.3) is 0 Å². The predicted octanol–water partition coefficient (Wildman–Crippen LogP) is 2.98. The lowest BCUT2D eigenvalue weighted by Gasteiger charge is -2.39. The summed E-state index contributed by atoms with van der Waals surface area (Å²) in [5.41, 5.74) is 0.113. The second-order valence-electron chi connectivity index (χ2n) is 8.95. The van der Waals surface area contributed by atoms with Gasteiger partial charge in [-0.05, 0) is 74.3 Å². The molecule has 36 heavy (non-hydrogen) atoms. The fourth-order valence-corrected chi connectivity index (χ4v) is 4.78. The second-order valence-corrected chi connectivity index (χ2v) is 8.95. The number of carbonyl (C=O) groups excluding carboxylic acids is 3. The van der Waals surface area contributed by atoms with Gasteiger partial charge in [-0.1, -0.05) is 0 Å². The molecule has 8 nitrogen and oxygen atoms in total. The molecule has 0 aliphatic carbocycles. The lowest BCUT2D eigenvalue weighted by Crippen LogP contribution is -2.52. The molecule has 1 saturated heterocycles. The lowest BCUT2D eigenvalue weighted by atomic mass is 9.96. The molecule has 188 valence electrons. The summed E-state index contributed by atoms with van der Waals surface area (Å²) in [4.78, 5) is 41.3. The highest BCUT2D eigenvalue weighted by Crippen LogP contribution is 2.43. The number of benzene rings is 2. The van der Waals surface area contributed by atoms with E-state index in [0.717, 1.165) is 50.2 Å². The molecular weight excluding hydrogens is 474 g/mol. The predicted molar refractivity (Wildman–Crippen MR) is 121 cm³/mol. The normalized spacial score (nSPS) is 19.7. The van der Waals surface area contributed by atoms with Gasteiger partial charge in [0.1, 0.15) is 24.0 Å². The molecule has 0 unspecified atom stereocenters. The van der Waals surface area contributed by atoms with Crippen molar-refractivity contribution >= 4 is 17.8 Å². The van der Waals surface area contributed by atoms with Gasteiger partial charge < -0.3 is 14.2 Å². The largest absolute Gasteiger partial charge is 0.492 e. The molecule has 0 N–H and O–H groups in total. The summed E-state index contributed by atoms with van der Waals surface area (Å²) >= 11 is 0. The Morgan fingerprint density at radius 1 is 0.917 bits per heavy atom. The minimum absolute atomic E-state index is 0.00622. The fraction of sp³-hybridized carbons (Fsp3) is 0.346. The topological polar surface area (TPSA) is 85.4 Å². The Hall–Kier alpha value is -3.79. The van der Waals surface area contributed by atoms with E-state index in [2.05, 4.69) is 4.90 Å². The van der Waals surface area contributed by atoms with E-state index in [-0.39, 0.29) is 29.4 Å². The molecule has 2 aromatic carbocycles. The first-order chi connectivity index (χ1) is 17.3. The van der Waals surface area contributed by atoms with Crippen LogP contribution in [-0.2, 0) is 25.0 Å².